The smallest absolute Gasteiger partial charge is 0.270 e. The van der Waals surface area contributed by atoms with E-state index in [9.17, 15) is 9.59 Å². The Balaban J connectivity index is 1.44. The zero-order valence-electron chi connectivity index (χ0n) is 14.0. The number of hydrogen-bond acceptors (Lipinski definition) is 3. The molecule has 1 saturated carbocycles. The fourth-order valence-electron chi connectivity index (χ4n) is 3.33. The van der Waals surface area contributed by atoms with Crippen LogP contribution in [-0.2, 0) is 4.79 Å². The maximum absolute atomic E-state index is 12.5. The van der Waals surface area contributed by atoms with Crippen molar-refractivity contribution in [1.82, 2.24) is 15.2 Å². The standard InChI is InChI=1S/C19H21N3O2/c1-12-3-7-15-14(9-12)6-8-16(20-15)17(23)21-19(2)10-22(11-19)18(24)13-4-5-13/h3,6-9,13H,4-5,10-11H2,1-2H3,(H,21,23). The largest absolute Gasteiger partial charge is 0.342 e. The van der Waals surface area contributed by atoms with Gasteiger partial charge in [-0.25, -0.2) is 4.98 Å². The molecule has 5 heteroatoms. The SMILES string of the molecule is Cc1ccc2nc(C(=O)NC3(C)CN(C(=O)C4CC4)C3)ccc2c1. The topological polar surface area (TPSA) is 62.3 Å². The van der Waals surface area contributed by atoms with Crippen molar-refractivity contribution in [3.63, 3.8) is 0 Å². The van der Waals surface area contributed by atoms with E-state index in [-0.39, 0.29) is 23.3 Å². The van der Waals surface area contributed by atoms with Gasteiger partial charge in [-0.1, -0.05) is 17.7 Å². The van der Waals surface area contributed by atoms with Gasteiger partial charge in [0.05, 0.1) is 11.1 Å². The molecule has 5 nitrogen and oxygen atoms in total. The van der Waals surface area contributed by atoms with Crippen LogP contribution in [0.3, 0.4) is 0 Å². The molecule has 2 aromatic rings. The number of nitrogens with one attached hydrogen (secondary N) is 1. The third kappa shape index (κ3) is 2.75. The van der Waals surface area contributed by atoms with Gasteiger partial charge in [-0.2, -0.15) is 0 Å². The van der Waals surface area contributed by atoms with Gasteiger partial charge in [0.1, 0.15) is 5.69 Å². The fourth-order valence-corrected chi connectivity index (χ4v) is 3.33. The molecular formula is C19H21N3O2. The molecule has 4 rings (SSSR count). The number of carbonyl (C=O) groups excluding carboxylic acids is 2. The van der Waals surface area contributed by atoms with Crippen molar-refractivity contribution in [2.45, 2.75) is 32.2 Å². The summed E-state index contributed by atoms with van der Waals surface area (Å²) >= 11 is 0. The molecule has 124 valence electrons. The molecule has 0 radical (unpaired) electrons. The van der Waals surface area contributed by atoms with E-state index < -0.39 is 0 Å². The quantitative estimate of drug-likeness (QED) is 0.942. The number of pyridine rings is 1. The van der Waals surface area contributed by atoms with Crippen molar-refractivity contribution in [3.8, 4) is 0 Å². The Morgan fingerprint density at radius 2 is 1.96 bits per heavy atom. The molecule has 2 amide bonds. The van der Waals surface area contributed by atoms with Crippen LogP contribution >= 0.6 is 0 Å². The Morgan fingerprint density at radius 3 is 2.67 bits per heavy atom. The number of benzene rings is 1. The van der Waals surface area contributed by atoms with Crippen LogP contribution in [0.4, 0.5) is 0 Å². The molecule has 24 heavy (non-hydrogen) atoms. The minimum Gasteiger partial charge on any atom is -0.342 e. The van der Waals surface area contributed by atoms with E-state index in [1.807, 2.05) is 36.9 Å². The molecule has 2 fully saturated rings. The minimum absolute atomic E-state index is 0.182. The highest BCUT2D eigenvalue weighted by molar-refractivity contribution is 5.95. The molecule has 1 saturated heterocycles. The summed E-state index contributed by atoms with van der Waals surface area (Å²) in [5.74, 6) is 0.287. The number of aryl methyl sites for hydroxylation is 1. The highest BCUT2D eigenvalue weighted by atomic mass is 16.2. The maximum atomic E-state index is 12.5. The van der Waals surface area contributed by atoms with E-state index >= 15 is 0 Å². The Morgan fingerprint density at radius 1 is 1.21 bits per heavy atom. The number of likely N-dealkylation sites (tertiary alicyclic amines) is 1. The lowest BCUT2D eigenvalue weighted by Crippen LogP contribution is -2.70. The minimum atomic E-state index is -0.356. The second-order valence-electron chi connectivity index (χ2n) is 7.38. The summed E-state index contributed by atoms with van der Waals surface area (Å²) in [4.78, 5) is 30.8. The van der Waals surface area contributed by atoms with Crippen molar-refractivity contribution in [3.05, 3.63) is 41.6 Å². The van der Waals surface area contributed by atoms with Gasteiger partial charge in [0.25, 0.3) is 5.91 Å². The fraction of sp³-hybridized carbons (Fsp3) is 0.421. The maximum Gasteiger partial charge on any atom is 0.270 e. The predicted molar refractivity (Wildman–Crippen MR) is 91.7 cm³/mol. The Labute approximate surface area is 141 Å². The average Bonchev–Trinajstić information content (AvgIpc) is 3.36. The molecule has 1 aromatic heterocycles. The van der Waals surface area contributed by atoms with Crippen LogP contribution in [-0.4, -0.2) is 40.3 Å². The number of hydrogen-bond donors (Lipinski definition) is 1. The van der Waals surface area contributed by atoms with Crippen molar-refractivity contribution >= 4 is 22.7 Å². The summed E-state index contributed by atoms with van der Waals surface area (Å²) in [5.41, 5.74) is 2.05. The van der Waals surface area contributed by atoms with Gasteiger partial charge in [-0.3, -0.25) is 9.59 Å². The van der Waals surface area contributed by atoms with Crippen LogP contribution in [0.25, 0.3) is 10.9 Å². The van der Waals surface area contributed by atoms with Crippen LogP contribution < -0.4 is 5.32 Å². The first-order valence-corrected chi connectivity index (χ1v) is 8.42. The first-order valence-electron chi connectivity index (χ1n) is 8.42. The number of aromatic nitrogens is 1. The molecule has 0 unspecified atom stereocenters. The van der Waals surface area contributed by atoms with E-state index in [2.05, 4.69) is 16.4 Å². The number of fused-ring (bicyclic) bond motifs is 1. The average molecular weight is 323 g/mol. The molecule has 1 N–H and O–H groups in total. The first-order chi connectivity index (χ1) is 11.4. The van der Waals surface area contributed by atoms with Gasteiger partial charge in [-0.15, -0.1) is 0 Å². The summed E-state index contributed by atoms with van der Waals surface area (Å²) in [6.07, 6.45) is 2.03. The Bertz CT molecular complexity index is 836. The zero-order valence-corrected chi connectivity index (χ0v) is 14.0. The van der Waals surface area contributed by atoms with E-state index in [4.69, 9.17) is 0 Å². The molecule has 1 aliphatic carbocycles. The molecule has 2 aliphatic rings. The van der Waals surface area contributed by atoms with Gasteiger partial charge >= 0.3 is 0 Å². The van der Waals surface area contributed by atoms with Crippen LogP contribution in [0, 0.1) is 12.8 Å². The van der Waals surface area contributed by atoms with Crippen molar-refractivity contribution in [1.29, 1.82) is 0 Å². The number of rotatable bonds is 3. The number of amides is 2. The van der Waals surface area contributed by atoms with E-state index in [1.54, 1.807) is 6.07 Å². The summed E-state index contributed by atoms with van der Waals surface area (Å²) in [7, 11) is 0. The summed E-state index contributed by atoms with van der Waals surface area (Å²) in [6, 6.07) is 9.66. The second kappa shape index (κ2) is 5.30. The van der Waals surface area contributed by atoms with E-state index in [0.29, 0.717) is 18.8 Å². The molecule has 0 atom stereocenters. The monoisotopic (exact) mass is 323 g/mol. The molecule has 0 bridgehead atoms. The van der Waals surface area contributed by atoms with Gasteiger partial charge in [0.2, 0.25) is 5.91 Å². The van der Waals surface area contributed by atoms with Crippen LogP contribution in [0.1, 0.15) is 35.8 Å². The Hall–Kier alpha value is -2.43. The van der Waals surface area contributed by atoms with Crippen LogP contribution in [0.15, 0.2) is 30.3 Å². The predicted octanol–water partition coefficient (Wildman–Crippen LogP) is 2.28. The van der Waals surface area contributed by atoms with Crippen molar-refractivity contribution in [2.24, 2.45) is 5.92 Å². The second-order valence-corrected chi connectivity index (χ2v) is 7.38. The highest BCUT2D eigenvalue weighted by Gasteiger charge is 2.46. The molecule has 1 aliphatic heterocycles. The lowest BCUT2D eigenvalue weighted by atomic mass is 9.91. The van der Waals surface area contributed by atoms with E-state index in [0.717, 1.165) is 23.7 Å². The van der Waals surface area contributed by atoms with Crippen molar-refractivity contribution in [2.75, 3.05) is 13.1 Å². The van der Waals surface area contributed by atoms with Crippen LogP contribution in [0.2, 0.25) is 0 Å². The summed E-state index contributed by atoms with van der Waals surface area (Å²) in [5, 5.41) is 4.06. The number of carbonyl (C=O) groups is 2. The van der Waals surface area contributed by atoms with E-state index in [1.165, 1.54) is 5.56 Å². The highest BCUT2D eigenvalue weighted by Crippen LogP contribution is 2.34. The normalized spacial score (nSPS) is 19.0. The lowest BCUT2D eigenvalue weighted by molar-refractivity contribution is -0.140. The third-order valence-corrected chi connectivity index (χ3v) is 4.81. The summed E-state index contributed by atoms with van der Waals surface area (Å²) < 4.78 is 0. The van der Waals surface area contributed by atoms with Crippen molar-refractivity contribution < 1.29 is 9.59 Å². The molecule has 0 spiro atoms. The van der Waals surface area contributed by atoms with Gasteiger partial charge in [-0.05, 0) is 44.9 Å². The van der Waals surface area contributed by atoms with Gasteiger partial charge in [0.15, 0.2) is 0 Å². The molecule has 2 heterocycles. The number of nitrogens with zero attached hydrogens (tertiary/aromatic N) is 2. The third-order valence-electron chi connectivity index (χ3n) is 4.81. The zero-order chi connectivity index (χ0) is 16.9. The molecular weight excluding hydrogens is 302 g/mol. The van der Waals surface area contributed by atoms with Crippen LogP contribution in [0.5, 0.6) is 0 Å². The summed E-state index contributed by atoms with van der Waals surface area (Å²) in [6.45, 7) is 5.18. The van der Waals surface area contributed by atoms with Gasteiger partial charge in [0, 0.05) is 24.4 Å². The van der Waals surface area contributed by atoms with Gasteiger partial charge < -0.3 is 10.2 Å². The lowest BCUT2D eigenvalue weighted by Gasteiger charge is -2.48. The molecule has 1 aromatic carbocycles. The Kier molecular flexibility index (Phi) is 3.34. The first kappa shape index (κ1) is 15.1.